The van der Waals surface area contributed by atoms with E-state index in [4.69, 9.17) is 0 Å². The molecular formula is C29H26FN6O3. The van der Waals surface area contributed by atoms with E-state index in [1.54, 1.807) is 29.3 Å². The van der Waals surface area contributed by atoms with Gasteiger partial charge < -0.3 is 10.2 Å². The fourth-order valence-corrected chi connectivity index (χ4v) is 4.92. The number of likely N-dealkylation sites (tertiary alicyclic amines) is 1. The number of aromatic nitrogens is 1. The normalized spacial score (nSPS) is 16.9. The van der Waals surface area contributed by atoms with Crippen molar-refractivity contribution in [3.05, 3.63) is 95.8 Å². The molecule has 1 aliphatic carbocycles. The van der Waals surface area contributed by atoms with Gasteiger partial charge in [0.25, 0.3) is 0 Å². The van der Waals surface area contributed by atoms with Gasteiger partial charge in [0.05, 0.1) is 12.5 Å². The topological polar surface area (TPSA) is 97.9 Å². The van der Waals surface area contributed by atoms with Gasteiger partial charge in [-0.2, -0.15) is 0 Å². The summed E-state index contributed by atoms with van der Waals surface area (Å²) in [5, 5.41) is 5.46. The molecule has 9 nitrogen and oxygen atoms in total. The standard InChI is InChI=1S/C29H26FN6O3/c30-25-17-20(32-28(38)36-15-14-35(29(36)39)21-6-2-1-3-7-21)8-9-22(25)24-18-23(24)19-10-11-31-26(16-19)33-27(37)34-12-4-5-13-34/h1-3,6-11,16-18H,4-5,12-15H2,(H,32,38)(H,31,33,37). The molecule has 3 aromatic rings. The van der Waals surface area contributed by atoms with Gasteiger partial charge in [-0.05, 0) is 60.4 Å². The van der Waals surface area contributed by atoms with E-state index in [-0.39, 0.29) is 18.3 Å². The molecule has 1 radical (unpaired) electrons. The number of halogens is 1. The second-order valence-electron chi connectivity index (χ2n) is 9.57. The number of amides is 6. The molecule has 0 atom stereocenters. The number of hydrogen-bond acceptors (Lipinski definition) is 4. The first-order chi connectivity index (χ1) is 19.0. The summed E-state index contributed by atoms with van der Waals surface area (Å²) in [5.74, 6) is 0.684. The third kappa shape index (κ3) is 5.05. The van der Waals surface area contributed by atoms with Crippen molar-refractivity contribution < 1.29 is 18.8 Å². The Hall–Kier alpha value is -4.73. The van der Waals surface area contributed by atoms with Gasteiger partial charge in [-0.3, -0.25) is 10.2 Å². The zero-order chi connectivity index (χ0) is 26.9. The van der Waals surface area contributed by atoms with Crippen LogP contribution >= 0.6 is 0 Å². The van der Waals surface area contributed by atoms with Crippen LogP contribution in [-0.2, 0) is 0 Å². The molecule has 0 unspecified atom stereocenters. The first-order valence-corrected chi connectivity index (χ1v) is 12.8. The van der Waals surface area contributed by atoms with Crippen molar-refractivity contribution in [1.29, 1.82) is 0 Å². The second-order valence-corrected chi connectivity index (χ2v) is 9.57. The number of carbonyl (C=O) groups is 3. The Morgan fingerprint density at radius 1 is 0.872 bits per heavy atom. The number of benzene rings is 2. The number of hydrogen-bond donors (Lipinski definition) is 2. The minimum absolute atomic E-state index is 0.168. The molecule has 2 fully saturated rings. The number of rotatable bonds is 5. The minimum Gasteiger partial charge on any atom is -0.324 e. The third-order valence-corrected chi connectivity index (χ3v) is 7.03. The summed E-state index contributed by atoms with van der Waals surface area (Å²) < 4.78 is 15.1. The number of imide groups is 1. The molecule has 197 valence electrons. The SMILES string of the molecule is O=C(Nc1cc(C2=C[C]2c2ccc(NC(=O)N3CCN(c4ccccc4)C3=O)cc2F)ccn1)N1CCCC1. The zero-order valence-corrected chi connectivity index (χ0v) is 21.1. The van der Waals surface area contributed by atoms with Crippen molar-refractivity contribution in [1.82, 2.24) is 14.8 Å². The van der Waals surface area contributed by atoms with E-state index in [1.807, 2.05) is 42.5 Å². The summed E-state index contributed by atoms with van der Waals surface area (Å²) in [5.41, 5.74) is 3.05. The predicted octanol–water partition coefficient (Wildman–Crippen LogP) is 5.34. The maximum atomic E-state index is 15.1. The lowest BCUT2D eigenvalue weighted by atomic mass is 10.0. The van der Waals surface area contributed by atoms with Crippen molar-refractivity contribution in [2.75, 3.05) is 41.7 Å². The summed E-state index contributed by atoms with van der Waals surface area (Å²) in [4.78, 5) is 46.5. The molecule has 2 aromatic carbocycles. The fraction of sp³-hybridized carbons (Fsp3) is 0.207. The molecule has 0 saturated carbocycles. The van der Waals surface area contributed by atoms with Crippen LogP contribution in [0.25, 0.3) is 5.57 Å². The first-order valence-electron chi connectivity index (χ1n) is 12.8. The molecule has 39 heavy (non-hydrogen) atoms. The highest BCUT2D eigenvalue weighted by Gasteiger charge is 2.35. The number of anilines is 3. The lowest BCUT2D eigenvalue weighted by Crippen LogP contribution is -2.39. The number of pyridine rings is 1. The Labute approximate surface area is 224 Å². The number of allylic oxidation sites excluding steroid dienone is 2. The average molecular weight is 526 g/mol. The number of carbonyl (C=O) groups excluding carboxylic acids is 3. The molecule has 10 heteroatoms. The summed E-state index contributed by atoms with van der Waals surface area (Å²) in [6.07, 6.45) is 5.48. The summed E-state index contributed by atoms with van der Waals surface area (Å²) in [6, 6.07) is 16.0. The molecule has 6 rings (SSSR count). The average Bonchev–Trinajstić information content (AvgIpc) is 3.33. The largest absolute Gasteiger partial charge is 0.332 e. The Morgan fingerprint density at radius 3 is 2.44 bits per heavy atom. The third-order valence-electron chi connectivity index (χ3n) is 7.03. The van der Waals surface area contributed by atoms with Crippen molar-refractivity contribution in [2.24, 2.45) is 0 Å². The van der Waals surface area contributed by atoms with Crippen LogP contribution in [-0.4, -0.2) is 59.1 Å². The van der Waals surface area contributed by atoms with Crippen molar-refractivity contribution in [3.63, 3.8) is 0 Å². The molecule has 0 spiro atoms. The molecule has 0 bridgehead atoms. The van der Waals surface area contributed by atoms with E-state index in [0.717, 1.165) is 47.9 Å². The van der Waals surface area contributed by atoms with Gasteiger partial charge in [0.1, 0.15) is 11.6 Å². The maximum absolute atomic E-state index is 15.1. The number of nitrogens with zero attached hydrogens (tertiary/aromatic N) is 4. The quantitative estimate of drug-likeness (QED) is 0.470. The van der Waals surface area contributed by atoms with Crippen LogP contribution in [0.4, 0.5) is 36.0 Å². The zero-order valence-electron chi connectivity index (χ0n) is 21.1. The van der Waals surface area contributed by atoms with E-state index < -0.39 is 17.9 Å². The first kappa shape index (κ1) is 24.6. The van der Waals surface area contributed by atoms with Gasteiger partial charge in [-0.15, -0.1) is 0 Å². The van der Waals surface area contributed by atoms with Crippen molar-refractivity contribution >= 4 is 40.9 Å². The monoisotopic (exact) mass is 525 g/mol. The van der Waals surface area contributed by atoms with E-state index in [0.29, 0.717) is 23.6 Å². The Morgan fingerprint density at radius 2 is 1.67 bits per heavy atom. The van der Waals surface area contributed by atoms with Crippen molar-refractivity contribution in [2.45, 2.75) is 12.8 Å². The van der Waals surface area contributed by atoms with E-state index >= 15 is 4.39 Å². The van der Waals surface area contributed by atoms with Crippen LogP contribution < -0.4 is 15.5 Å². The van der Waals surface area contributed by atoms with Gasteiger partial charge in [0.2, 0.25) is 0 Å². The van der Waals surface area contributed by atoms with Gasteiger partial charge >= 0.3 is 18.1 Å². The lowest BCUT2D eigenvalue weighted by Gasteiger charge is -2.18. The van der Waals surface area contributed by atoms with Gasteiger partial charge in [-0.25, -0.2) is 28.7 Å². The molecule has 1 aromatic heterocycles. The Kier molecular flexibility index (Phi) is 6.44. The predicted molar refractivity (Wildman–Crippen MR) is 146 cm³/mol. The van der Waals surface area contributed by atoms with Crippen LogP contribution in [0, 0.1) is 11.7 Å². The van der Waals surface area contributed by atoms with E-state index in [9.17, 15) is 14.4 Å². The summed E-state index contributed by atoms with van der Waals surface area (Å²) in [7, 11) is 0. The highest BCUT2D eigenvalue weighted by Crippen LogP contribution is 2.46. The summed E-state index contributed by atoms with van der Waals surface area (Å²) >= 11 is 0. The maximum Gasteiger partial charge on any atom is 0.332 e. The molecule has 2 aliphatic heterocycles. The second kappa shape index (κ2) is 10.2. The molecule has 2 saturated heterocycles. The highest BCUT2D eigenvalue weighted by atomic mass is 19.1. The molecule has 3 heterocycles. The van der Waals surface area contributed by atoms with Crippen LogP contribution in [0.3, 0.4) is 0 Å². The smallest absolute Gasteiger partial charge is 0.324 e. The highest BCUT2D eigenvalue weighted by molar-refractivity contribution is 6.08. The Bertz CT molecular complexity index is 1470. The lowest BCUT2D eigenvalue weighted by molar-refractivity contribution is 0.209. The fourth-order valence-electron chi connectivity index (χ4n) is 4.92. The Balaban J connectivity index is 1.07. The molecule has 2 N–H and O–H groups in total. The molecule has 3 aliphatic rings. The van der Waals surface area contributed by atoms with Crippen LogP contribution in [0.15, 0.2) is 72.9 Å². The van der Waals surface area contributed by atoms with Gasteiger partial charge in [0.15, 0.2) is 0 Å². The van der Waals surface area contributed by atoms with E-state index in [1.165, 1.54) is 11.0 Å². The van der Waals surface area contributed by atoms with Crippen LogP contribution in [0.1, 0.15) is 24.0 Å². The van der Waals surface area contributed by atoms with Gasteiger partial charge in [0, 0.05) is 42.8 Å². The minimum atomic E-state index is -0.608. The van der Waals surface area contributed by atoms with Crippen LogP contribution in [0.5, 0.6) is 0 Å². The van der Waals surface area contributed by atoms with Crippen LogP contribution in [0.2, 0.25) is 0 Å². The summed E-state index contributed by atoms with van der Waals surface area (Å²) in [6.45, 7) is 2.10. The molecule has 6 amide bonds. The number of nitrogens with one attached hydrogen (secondary N) is 2. The van der Waals surface area contributed by atoms with Gasteiger partial charge in [-0.1, -0.05) is 30.3 Å². The molecular weight excluding hydrogens is 499 g/mol. The number of para-hydroxylation sites is 1. The van der Waals surface area contributed by atoms with E-state index in [2.05, 4.69) is 15.6 Å². The number of urea groups is 3. The van der Waals surface area contributed by atoms with Crippen molar-refractivity contribution in [3.8, 4) is 0 Å².